The molecule has 0 atom stereocenters. The first-order valence-corrected chi connectivity index (χ1v) is 8.90. The van der Waals surface area contributed by atoms with Crippen LogP contribution in [0.15, 0.2) is 42.5 Å². The Balaban J connectivity index is 2.12. The van der Waals surface area contributed by atoms with Gasteiger partial charge in [0.2, 0.25) is 5.91 Å². The van der Waals surface area contributed by atoms with E-state index in [9.17, 15) is 14.4 Å². The maximum atomic E-state index is 12.6. The lowest BCUT2D eigenvalue weighted by molar-refractivity contribution is -0.121. The first kappa shape index (κ1) is 21.7. The molecule has 0 aliphatic heterocycles. The van der Waals surface area contributed by atoms with Gasteiger partial charge >= 0.3 is 5.97 Å². The average molecular weight is 400 g/mol. The first-order chi connectivity index (χ1) is 13.9. The third-order valence-electron chi connectivity index (χ3n) is 4.27. The number of carbonyl (C=O) groups is 3. The molecule has 2 rings (SSSR count). The SMILES string of the molecule is COc1cc(C(=O)OCC(=O)N(CCC(N)=O)c2ccccc2)cc(OC)c1C. The average Bonchev–Trinajstić information content (AvgIpc) is 2.72. The summed E-state index contributed by atoms with van der Waals surface area (Å²) in [5, 5.41) is 0. The lowest BCUT2D eigenvalue weighted by atomic mass is 10.1. The van der Waals surface area contributed by atoms with Crippen LogP contribution in [0.25, 0.3) is 0 Å². The molecule has 2 aromatic rings. The van der Waals surface area contributed by atoms with E-state index in [-0.39, 0.29) is 18.5 Å². The zero-order chi connectivity index (χ0) is 21.4. The predicted octanol–water partition coefficient (Wildman–Crippen LogP) is 2.08. The van der Waals surface area contributed by atoms with Crippen molar-refractivity contribution in [2.24, 2.45) is 5.73 Å². The molecule has 0 aliphatic carbocycles. The minimum atomic E-state index is -0.696. The number of hydrogen-bond acceptors (Lipinski definition) is 6. The van der Waals surface area contributed by atoms with E-state index in [1.54, 1.807) is 37.3 Å². The van der Waals surface area contributed by atoms with Crippen molar-refractivity contribution in [3.05, 3.63) is 53.6 Å². The van der Waals surface area contributed by atoms with Gasteiger partial charge in [0.1, 0.15) is 11.5 Å². The quantitative estimate of drug-likeness (QED) is 0.646. The third kappa shape index (κ3) is 5.71. The van der Waals surface area contributed by atoms with E-state index >= 15 is 0 Å². The van der Waals surface area contributed by atoms with Crippen LogP contribution in [0.2, 0.25) is 0 Å². The van der Waals surface area contributed by atoms with Gasteiger partial charge in [0.05, 0.1) is 19.8 Å². The van der Waals surface area contributed by atoms with Crippen molar-refractivity contribution in [2.45, 2.75) is 13.3 Å². The van der Waals surface area contributed by atoms with Gasteiger partial charge in [0, 0.05) is 24.2 Å². The van der Waals surface area contributed by atoms with E-state index in [1.165, 1.54) is 31.3 Å². The van der Waals surface area contributed by atoms with Crippen LogP contribution in [0.1, 0.15) is 22.3 Å². The minimum Gasteiger partial charge on any atom is -0.496 e. The number of rotatable bonds is 9. The Morgan fingerprint density at radius 2 is 1.59 bits per heavy atom. The van der Waals surface area contributed by atoms with E-state index in [0.29, 0.717) is 17.2 Å². The number of benzene rings is 2. The summed E-state index contributed by atoms with van der Waals surface area (Å²) in [5.74, 6) is -0.769. The second-order valence-electron chi connectivity index (χ2n) is 6.18. The van der Waals surface area contributed by atoms with Crippen LogP contribution in [0, 0.1) is 6.92 Å². The van der Waals surface area contributed by atoms with Gasteiger partial charge in [-0.1, -0.05) is 18.2 Å². The van der Waals surface area contributed by atoms with Crippen LogP contribution in [-0.4, -0.2) is 45.2 Å². The van der Waals surface area contributed by atoms with Crippen LogP contribution in [0.4, 0.5) is 5.69 Å². The molecule has 2 N–H and O–H groups in total. The third-order valence-corrected chi connectivity index (χ3v) is 4.27. The number of ether oxygens (including phenoxy) is 3. The number of amides is 2. The second-order valence-corrected chi connectivity index (χ2v) is 6.18. The molecule has 0 bridgehead atoms. The standard InChI is InChI=1S/C21H24N2O6/c1-14-17(27-2)11-15(12-18(14)28-3)21(26)29-13-20(25)23(10-9-19(22)24)16-7-5-4-6-8-16/h4-8,11-12H,9-10,13H2,1-3H3,(H2,22,24). The molecule has 0 aromatic heterocycles. The zero-order valence-corrected chi connectivity index (χ0v) is 16.6. The summed E-state index contributed by atoms with van der Waals surface area (Å²) < 4.78 is 15.7. The molecule has 0 saturated heterocycles. The zero-order valence-electron chi connectivity index (χ0n) is 16.6. The highest BCUT2D eigenvalue weighted by atomic mass is 16.5. The van der Waals surface area contributed by atoms with Crippen molar-refractivity contribution in [3.63, 3.8) is 0 Å². The molecule has 154 valence electrons. The summed E-state index contributed by atoms with van der Waals surface area (Å²) in [6, 6.07) is 11.8. The minimum absolute atomic E-state index is 0.0130. The monoisotopic (exact) mass is 400 g/mol. The van der Waals surface area contributed by atoms with Crippen molar-refractivity contribution in [1.82, 2.24) is 0 Å². The van der Waals surface area contributed by atoms with Gasteiger partial charge in [0.25, 0.3) is 5.91 Å². The number of hydrogen-bond donors (Lipinski definition) is 1. The highest BCUT2D eigenvalue weighted by molar-refractivity contribution is 5.97. The molecule has 8 heteroatoms. The molecule has 0 heterocycles. The van der Waals surface area contributed by atoms with Crippen LogP contribution in [0.5, 0.6) is 11.5 Å². The molecule has 2 aromatic carbocycles. The van der Waals surface area contributed by atoms with Gasteiger partial charge in [-0.3, -0.25) is 9.59 Å². The van der Waals surface area contributed by atoms with Crippen LogP contribution in [0.3, 0.4) is 0 Å². The summed E-state index contributed by atoms with van der Waals surface area (Å²) in [7, 11) is 2.97. The molecule has 8 nitrogen and oxygen atoms in total. The molecule has 29 heavy (non-hydrogen) atoms. The molecular weight excluding hydrogens is 376 g/mol. The fraction of sp³-hybridized carbons (Fsp3) is 0.286. The van der Waals surface area contributed by atoms with Gasteiger partial charge < -0.3 is 24.8 Å². The van der Waals surface area contributed by atoms with Gasteiger partial charge in [-0.25, -0.2) is 4.79 Å². The Morgan fingerprint density at radius 3 is 2.10 bits per heavy atom. The molecule has 0 saturated carbocycles. The summed E-state index contributed by atoms with van der Waals surface area (Å²) in [6.45, 7) is 1.39. The molecule has 0 unspecified atom stereocenters. The highest BCUT2D eigenvalue weighted by Crippen LogP contribution is 2.29. The van der Waals surface area contributed by atoms with Crippen LogP contribution < -0.4 is 20.1 Å². The number of para-hydroxylation sites is 1. The first-order valence-electron chi connectivity index (χ1n) is 8.90. The Hall–Kier alpha value is -3.55. The molecule has 0 spiro atoms. The largest absolute Gasteiger partial charge is 0.496 e. The maximum Gasteiger partial charge on any atom is 0.338 e. The van der Waals surface area contributed by atoms with Gasteiger partial charge in [-0.2, -0.15) is 0 Å². The van der Waals surface area contributed by atoms with Crippen molar-refractivity contribution in [1.29, 1.82) is 0 Å². The van der Waals surface area contributed by atoms with E-state index < -0.39 is 24.4 Å². The van der Waals surface area contributed by atoms with E-state index in [4.69, 9.17) is 19.9 Å². The summed E-state index contributed by atoms with van der Waals surface area (Å²) in [5.41, 5.74) is 6.71. The number of carbonyl (C=O) groups excluding carboxylic acids is 3. The Kier molecular flexibility index (Phi) is 7.59. The lowest BCUT2D eigenvalue weighted by Gasteiger charge is -2.22. The van der Waals surface area contributed by atoms with Gasteiger partial charge in [-0.15, -0.1) is 0 Å². The molecular formula is C21H24N2O6. The molecule has 0 fully saturated rings. The second kappa shape index (κ2) is 10.1. The lowest BCUT2D eigenvalue weighted by Crippen LogP contribution is -2.37. The summed E-state index contributed by atoms with van der Waals surface area (Å²) in [4.78, 5) is 37.6. The fourth-order valence-electron chi connectivity index (χ4n) is 2.72. The summed E-state index contributed by atoms with van der Waals surface area (Å²) >= 11 is 0. The number of esters is 1. The number of nitrogens with zero attached hydrogens (tertiary/aromatic N) is 1. The normalized spacial score (nSPS) is 10.2. The topological polar surface area (TPSA) is 108 Å². The Morgan fingerprint density at radius 1 is 1.00 bits per heavy atom. The number of nitrogens with two attached hydrogens (primary N) is 1. The smallest absolute Gasteiger partial charge is 0.338 e. The fourth-order valence-corrected chi connectivity index (χ4v) is 2.72. The number of primary amides is 1. The Labute approximate surface area is 169 Å². The van der Waals surface area contributed by atoms with Crippen molar-refractivity contribution >= 4 is 23.5 Å². The predicted molar refractivity (Wildman–Crippen MR) is 107 cm³/mol. The van der Waals surface area contributed by atoms with Crippen molar-refractivity contribution in [3.8, 4) is 11.5 Å². The van der Waals surface area contributed by atoms with Crippen LogP contribution in [-0.2, 0) is 14.3 Å². The van der Waals surface area contributed by atoms with Gasteiger partial charge in [-0.05, 0) is 31.2 Å². The van der Waals surface area contributed by atoms with E-state index in [1.807, 2.05) is 0 Å². The maximum absolute atomic E-state index is 12.6. The van der Waals surface area contributed by atoms with Crippen molar-refractivity contribution in [2.75, 3.05) is 32.3 Å². The van der Waals surface area contributed by atoms with Crippen LogP contribution >= 0.6 is 0 Å². The van der Waals surface area contributed by atoms with Gasteiger partial charge in [0.15, 0.2) is 6.61 Å². The highest BCUT2D eigenvalue weighted by Gasteiger charge is 2.20. The van der Waals surface area contributed by atoms with E-state index in [2.05, 4.69) is 0 Å². The summed E-state index contributed by atoms with van der Waals surface area (Å²) in [6.07, 6.45) is -0.0130. The number of methoxy groups -OCH3 is 2. The molecule has 0 radical (unpaired) electrons. The number of anilines is 1. The molecule has 2 amide bonds. The van der Waals surface area contributed by atoms with Crippen molar-refractivity contribution < 1.29 is 28.6 Å². The van der Waals surface area contributed by atoms with E-state index in [0.717, 1.165) is 5.56 Å². The molecule has 0 aliphatic rings. The Bertz CT molecular complexity index is 857.